The minimum Gasteiger partial charge on any atom is -0.459 e. The maximum Gasteiger partial charge on any atom is 0.309 e. The molecule has 1 unspecified atom stereocenters. The van der Waals surface area contributed by atoms with E-state index in [-0.39, 0.29) is 17.5 Å². The van der Waals surface area contributed by atoms with Gasteiger partial charge < -0.3 is 9.64 Å². The number of rotatable bonds is 8. The van der Waals surface area contributed by atoms with E-state index in [1.165, 1.54) is 12.8 Å². The van der Waals surface area contributed by atoms with E-state index in [0.717, 1.165) is 38.8 Å². The molecule has 130 valence electrons. The van der Waals surface area contributed by atoms with Crippen LogP contribution in [0.15, 0.2) is 0 Å². The summed E-state index contributed by atoms with van der Waals surface area (Å²) in [6.07, 6.45) is 6.53. The minimum absolute atomic E-state index is 0.0309. The first-order chi connectivity index (χ1) is 10.3. The van der Waals surface area contributed by atoms with Crippen LogP contribution in [0.2, 0.25) is 0 Å². The van der Waals surface area contributed by atoms with E-state index >= 15 is 0 Å². The van der Waals surface area contributed by atoms with Crippen LogP contribution < -0.4 is 0 Å². The van der Waals surface area contributed by atoms with Crippen LogP contribution in [0.5, 0.6) is 0 Å². The third kappa shape index (κ3) is 5.57. The number of esters is 1. The van der Waals surface area contributed by atoms with Gasteiger partial charge in [0.05, 0.1) is 5.92 Å². The van der Waals surface area contributed by atoms with E-state index in [9.17, 15) is 4.79 Å². The van der Waals surface area contributed by atoms with Gasteiger partial charge in [-0.1, -0.05) is 26.7 Å². The van der Waals surface area contributed by atoms with Gasteiger partial charge in [-0.05, 0) is 72.4 Å². The molecule has 1 atom stereocenters. The number of likely N-dealkylation sites (tertiary alicyclic amines) is 1. The number of carbonyl (C=O) groups is 1. The van der Waals surface area contributed by atoms with Gasteiger partial charge in [-0.25, -0.2) is 0 Å². The molecule has 1 rings (SSSR count). The highest BCUT2D eigenvalue weighted by Crippen LogP contribution is 2.31. The molecule has 0 N–H and O–H groups in total. The number of piperidine rings is 1. The molecular formula is C19H37NO2. The molecule has 0 radical (unpaired) electrons. The predicted octanol–water partition coefficient (Wildman–Crippen LogP) is 4.65. The number of nitrogens with zero attached hydrogens (tertiary/aromatic N) is 1. The van der Waals surface area contributed by atoms with Gasteiger partial charge in [0.15, 0.2) is 0 Å². The van der Waals surface area contributed by atoms with Crippen LogP contribution in [0.4, 0.5) is 0 Å². The van der Waals surface area contributed by atoms with E-state index in [4.69, 9.17) is 4.74 Å². The third-order valence-electron chi connectivity index (χ3n) is 5.34. The molecule has 3 nitrogen and oxygen atoms in total. The summed E-state index contributed by atoms with van der Waals surface area (Å²) in [6, 6.07) is 0.576. The lowest BCUT2D eigenvalue weighted by Crippen LogP contribution is -2.43. The van der Waals surface area contributed by atoms with Gasteiger partial charge in [-0.15, -0.1) is 0 Å². The summed E-state index contributed by atoms with van der Waals surface area (Å²) in [4.78, 5) is 15.0. The summed E-state index contributed by atoms with van der Waals surface area (Å²) in [6.45, 7) is 15.1. The highest BCUT2D eigenvalue weighted by molar-refractivity contribution is 5.73. The average Bonchev–Trinajstić information content (AvgIpc) is 2.47. The Bertz CT molecular complexity index is 330. The first-order valence-corrected chi connectivity index (χ1v) is 9.28. The molecule has 0 aromatic rings. The number of hydrogen-bond acceptors (Lipinski definition) is 3. The predicted molar refractivity (Wildman–Crippen MR) is 92.9 cm³/mol. The van der Waals surface area contributed by atoms with Gasteiger partial charge in [0, 0.05) is 6.04 Å². The summed E-state index contributed by atoms with van der Waals surface area (Å²) in [5.74, 6) is 0.591. The first kappa shape index (κ1) is 19.5. The van der Waals surface area contributed by atoms with Crippen molar-refractivity contribution in [1.29, 1.82) is 0 Å². The summed E-state index contributed by atoms with van der Waals surface area (Å²) < 4.78 is 5.97. The number of unbranched alkanes of at least 4 members (excludes halogenated alkanes) is 1. The second-order valence-electron chi connectivity index (χ2n) is 7.68. The Labute approximate surface area is 137 Å². The van der Waals surface area contributed by atoms with Crippen molar-refractivity contribution >= 4 is 5.97 Å². The van der Waals surface area contributed by atoms with Crippen molar-refractivity contribution in [3.63, 3.8) is 0 Å². The van der Waals surface area contributed by atoms with Crippen molar-refractivity contribution in [1.82, 2.24) is 4.90 Å². The Kier molecular flexibility index (Phi) is 7.88. The summed E-state index contributed by atoms with van der Waals surface area (Å²) >= 11 is 0. The topological polar surface area (TPSA) is 29.5 Å². The SMILES string of the molecule is CCCCC(CC)C(C)(C)OC(=O)C1CCN(C(C)C)CC1. The quantitative estimate of drug-likeness (QED) is 0.611. The van der Waals surface area contributed by atoms with E-state index in [1.54, 1.807) is 0 Å². The third-order valence-corrected chi connectivity index (χ3v) is 5.34. The molecule has 0 bridgehead atoms. The van der Waals surface area contributed by atoms with Crippen molar-refractivity contribution in [2.24, 2.45) is 11.8 Å². The smallest absolute Gasteiger partial charge is 0.309 e. The molecule has 0 spiro atoms. The molecule has 0 saturated carbocycles. The number of hydrogen-bond donors (Lipinski definition) is 0. The van der Waals surface area contributed by atoms with Gasteiger partial charge >= 0.3 is 5.97 Å². The molecule has 0 aliphatic carbocycles. The second kappa shape index (κ2) is 8.90. The molecule has 0 aromatic heterocycles. The zero-order valence-corrected chi connectivity index (χ0v) is 15.7. The molecule has 1 aliphatic heterocycles. The standard InChI is InChI=1S/C19H37NO2/c1-7-9-10-17(8-2)19(5,6)22-18(21)16-11-13-20(14-12-16)15(3)4/h15-17H,7-14H2,1-6H3. The van der Waals surface area contributed by atoms with Crippen molar-refractivity contribution in [2.45, 2.75) is 91.7 Å². The average molecular weight is 312 g/mol. The van der Waals surface area contributed by atoms with Gasteiger partial charge in [0.2, 0.25) is 0 Å². The highest BCUT2D eigenvalue weighted by Gasteiger charge is 2.35. The zero-order valence-electron chi connectivity index (χ0n) is 15.7. The summed E-state index contributed by atoms with van der Waals surface area (Å²) in [5, 5.41) is 0. The second-order valence-corrected chi connectivity index (χ2v) is 7.68. The van der Waals surface area contributed by atoms with E-state index < -0.39 is 0 Å². The molecule has 0 aromatic carbocycles. The number of carbonyl (C=O) groups excluding carboxylic acids is 1. The summed E-state index contributed by atoms with van der Waals surface area (Å²) in [7, 11) is 0. The Morgan fingerprint density at radius 3 is 2.27 bits per heavy atom. The fourth-order valence-corrected chi connectivity index (χ4v) is 3.57. The number of ether oxygens (including phenoxy) is 1. The Balaban J connectivity index is 2.52. The molecule has 1 heterocycles. The molecule has 22 heavy (non-hydrogen) atoms. The van der Waals surface area contributed by atoms with Crippen LogP contribution >= 0.6 is 0 Å². The van der Waals surface area contributed by atoms with Gasteiger partial charge in [0.1, 0.15) is 5.60 Å². The maximum absolute atomic E-state index is 12.5. The molecule has 3 heteroatoms. The lowest BCUT2D eigenvalue weighted by molar-refractivity contribution is -0.169. The fraction of sp³-hybridized carbons (Fsp3) is 0.947. The normalized spacial score (nSPS) is 19.4. The Morgan fingerprint density at radius 1 is 1.23 bits per heavy atom. The lowest BCUT2D eigenvalue weighted by atomic mass is 9.84. The zero-order chi connectivity index (χ0) is 16.8. The Morgan fingerprint density at radius 2 is 1.82 bits per heavy atom. The maximum atomic E-state index is 12.5. The van der Waals surface area contributed by atoms with Crippen LogP contribution in [0.25, 0.3) is 0 Å². The van der Waals surface area contributed by atoms with Crippen LogP contribution in [-0.4, -0.2) is 35.6 Å². The minimum atomic E-state index is -0.337. The van der Waals surface area contributed by atoms with E-state index in [1.807, 2.05) is 0 Å². The van der Waals surface area contributed by atoms with Crippen molar-refractivity contribution in [3.05, 3.63) is 0 Å². The van der Waals surface area contributed by atoms with E-state index in [2.05, 4.69) is 46.4 Å². The van der Waals surface area contributed by atoms with Crippen LogP contribution in [0.1, 0.15) is 80.1 Å². The largest absolute Gasteiger partial charge is 0.459 e. The highest BCUT2D eigenvalue weighted by atomic mass is 16.6. The lowest BCUT2D eigenvalue weighted by Gasteiger charge is -2.37. The van der Waals surface area contributed by atoms with Crippen molar-refractivity contribution < 1.29 is 9.53 Å². The monoisotopic (exact) mass is 311 g/mol. The molecule has 1 saturated heterocycles. The van der Waals surface area contributed by atoms with Crippen molar-refractivity contribution in [3.8, 4) is 0 Å². The van der Waals surface area contributed by atoms with Gasteiger partial charge in [-0.2, -0.15) is 0 Å². The van der Waals surface area contributed by atoms with E-state index in [0.29, 0.717) is 12.0 Å². The van der Waals surface area contributed by atoms with Gasteiger partial charge in [-0.3, -0.25) is 4.79 Å². The molecule has 0 amide bonds. The first-order valence-electron chi connectivity index (χ1n) is 9.28. The Hall–Kier alpha value is -0.570. The molecule has 1 fully saturated rings. The van der Waals surface area contributed by atoms with Crippen LogP contribution in [0.3, 0.4) is 0 Å². The molecular weight excluding hydrogens is 274 g/mol. The molecule has 1 aliphatic rings. The fourth-order valence-electron chi connectivity index (χ4n) is 3.57. The van der Waals surface area contributed by atoms with Crippen LogP contribution in [0, 0.1) is 11.8 Å². The summed E-state index contributed by atoms with van der Waals surface area (Å²) in [5.41, 5.74) is -0.337. The van der Waals surface area contributed by atoms with Crippen molar-refractivity contribution in [2.75, 3.05) is 13.1 Å². The van der Waals surface area contributed by atoms with Crippen LogP contribution in [-0.2, 0) is 9.53 Å². The van der Waals surface area contributed by atoms with Gasteiger partial charge in [0.25, 0.3) is 0 Å².